The monoisotopic (exact) mass is 354 g/mol. The molecule has 2 aromatic carbocycles. The smallest absolute Gasteiger partial charge is 0.119 e. The van der Waals surface area contributed by atoms with Gasteiger partial charge in [-0.15, -0.1) is 0 Å². The summed E-state index contributed by atoms with van der Waals surface area (Å²) in [6.07, 6.45) is 1.66. The topological polar surface area (TPSA) is 43.5 Å². The van der Waals surface area contributed by atoms with Gasteiger partial charge in [0.2, 0.25) is 0 Å². The molecular formula is C22H26O4. The first kappa shape index (κ1) is 17.4. The van der Waals surface area contributed by atoms with Gasteiger partial charge in [-0.3, -0.25) is 0 Å². The van der Waals surface area contributed by atoms with Crippen molar-refractivity contribution in [2.75, 3.05) is 26.4 Å². The average molecular weight is 354 g/mol. The second-order valence-corrected chi connectivity index (χ2v) is 7.53. The first-order valence-electron chi connectivity index (χ1n) is 9.31. The van der Waals surface area contributed by atoms with Crippen LogP contribution in [0, 0.1) is 0 Å². The fraction of sp³-hybridized carbons (Fsp3) is 0.455. The van der Waals surface area contributed by atoms with Gasteiger partial charge in [-0.1, -0.05) is 38.1 Å². The van der Waals surface area contributed by atoms with E-state index in [0.29, 0.717) is 19.3 Å². The Balaban J connectivity index is 1.37. The van der Waals surface area contributed by atoms with E-state index in [0.717, 1.165) is 31.1 Å². The van der Waals surface area contributed by atoms with Crippen molar-refractivity contribution in [2.45, 2.75) is 37.9 Å². The second-order valence-electron chi connectivity index (χ2n) is 7.53. The van der Waals surface area contributed by atoms with Crippen molar-refractivity contribution >= 4 is 0 Å². The highest BCUT2D eigenvalue weighted by Gasteiger charge is 2.25. The summed E-state index contributed by atoms with van der Waals surface area (Å²) in [5.74, 6) is 1.81. The van der Waals surface area contributed by atoms with E-state index in [-0.39, 0.29) is 11.5 Å². The number of hydrogen-bond donors (Lipinski definition) is 0. The molecule has 4 nitrogen and oxygen atoms in total. The largest absolute Gasteiger partial charge is 0.493 e. The van der Waals surface area contributed by atoms with Crippen LogP contribution in [-0.4, -0.2) is 38.6 Å². The Hall–Kier alpha value is -2.04. The highest BCUT2D eigenvalue weighted by Crippen LogP contribution is 2.33. The summed E-state index contributed by atoms with van der Waals surface area (Å²) in [7, 11) is 0. The first-order valence-corrected chi connectivity index (χ1v) is 9.31. The van der Waals surface area contributed by atoms with E-state index in [1.54, 1.807) is 0 Å². The van der Waals surface area contributed by atoms with Gasteiger partial charge in [-0.2, -0.15) is 0 Å². The molecule has 4 rings (SSSR count). The van der Waals surface area contributed by atoms with E-state index in [1.165, 1.54) is 11.1 Å². The Morgan fingerprint density at radius 3 is 1.81 bits per heavy atom. The molecule has 2 aliphatic rings. The number of ether oxygens (including phenoxy) is 4. The minimum absolute atomic E-state index is 0.0848. The van der Waals surface area contributed by atoms with Crippen LogP contribution in [0.15, 0.2) is 48.5 Å². The van der Waals surface area contributed by atoms with Gasteiger partial charge >= 0.3 is 0 Å². The van der Waals surface area contributed by atoms with E-state index >= 15 is 0 Å². The zero-order valence-electron chi connectivity index (χ0n) is 15.4. The molecule has 0 amide bonds. The van der Waals surface area contributed by atoms with Gasteiger partial charge in [0.05, 0.1) is 25.9 Å². The normalized spacial score (nSPS) is 21.3. The summed E-state index contributed by atoms with van der Waals surface area (Å²) in [5, 5.41) is 0. The van der Waals surface area contributed by atoms with Crippen LogP contribution >= 0.6 is 0 Å². The van der Waals surface area contributed by atoms with Crippen molar-refractivity contribution in [1.29, 1.82) is 0 Å². The van der Waals surface area contributed by atoms with Gasteiger partial charge in [0, 0.05) is 11.8 Å². The summed E-state index contributed by atoms with van der Waals surface area (Å²) < 4.78 is 21.9. The fourth-order valence-electron chi connectivity index (χ4n) is 3.00. The lowest BCUT2D eigenvalue weighted by Crippen LogP contribution is -2.18. The molecule has 0 radical (unpaired) electrons. The molecule has 26 heavy (non-hydrogen) atoms. The minimum Gasteiger partial charge on any atom is -0.493 e. The quantitative estimate of drug-likeness (QED) is 0.640. The Morgan fingerprint density at radius 2 is 1.31 bits per heavy atom. The maximum Gasteiger partial charge on any atom is 0.119 e. The summed E-state index contributed by atoms with van der Waals surface area (Å²) in [4.78, 5) is 0. The van der Waals surface area contributed by atoms with Crippen LogP contribution in [0.5, 0.6) is 11.5 Å². The van der Waals surface area contributed by atoms with Crippen LogP contribution in [0.25, 0.3) is 0 Å². The van der Waals surface area contributed by atoms with E-state index in [1.807, 2.05) is 12.1 Å². The molecule has 0 N–H and O–H groups in total. The molecule has 2 unspecified atom stereocenters. The molecule has 2 aliphatic heterocycles. The highest BCUT2D eigenvalue weighted by atomic mass is 16.6. The molecule has 0 aliphatic carbocycles. The van der Waals surface area contributed by atoms with Gasteiger partial charge < -0.3 is 18.9 Å². The molecule has 2 atom stereocenters. The average Bonchev–Trinajstić information content (AvgIpc) is 3.55. The van der Waals surface area contributed by atoms with Gasteiger partial charge in [0.25, 0.3) is 0 Å². The molecule has 0 saturated carbocycles. The molecule has 2 fully saturated rings. The third-order valence-electron chi connectivity index (χ3n) is 5.10. The zero-order chi connectivity index (χ0) is 18.0. The standard InChI is InChI=1S/C22H26O4/c1-22(2,17-5-9-19(10-6-17)24-14-21-15-26-21)16-3-7-18(8-4-16)23-12-11-20-13-25-20/h3-10,20-21H,11-15H2,1-2H3. The van der Waals surface area contributed by atoms with Crippen molar-refractivity contribution in [2.24, 2.45) is 0 Å². The van der Waals surface area contributed by atoms with Gasteiger partial charge in [0.1, 0.15) is 24.2 Å². The molecule has 2 aromatic rings. The predicted octanol–water partition coefficient (Wildman–Crippen LogP) is 3.96. The van der Waals surface area contributed by atoms with Gasteiger partial charge in [-0.05, 0) is 35.4 Å². The van der Waals surface area contributed by atoms with E-state index in [4.69, 9.17) is 18.9 Å². The molecule has 2 saturated heterocycles. The van der Waals surface area contributed by atoms with Crippen molar-refractivity contribution in [3.63, 3.8) is 0 Å². The van der Waals surface area contributed by atoms with Crippen molar-refractivity contribution in [1.82, 2.24) is 0 Å². The highest BCUT2D eigenvalue weighted by molar-refractivity contribution is 5.41. The third-order valence-corrected chi connectivity index (χ3v) is 5.10. The minimum atomic E-state index is -0.0848. The van der Waals surface area contributed by atoms with E-state index in [9.17, 15) is 0 Å². The number of epoxide rings is 2. The third kappa shape index (κ3) is 4.37. The summed E-state index contributed by atoms with van der Waals surface area (Å²) >= 11 is 0. The van der Waals surface area contributed by atoms with Crippen LogP contribution in [0.3, 0.4) is 0 Å². The van der Waals surface area contributed by atoms with E-state index in [2.05, 4.69) is 50.2 Å². The number of rotatable bonds is 9. The van der Waals surface area contributed by atoms with Crippen LogP contribution in [-0.2, 0) is 14.9 Å². The molecular weight excluding hydrogens is 328 g/mol. The van der Waals surface area contributed by atoms with Crippen LogP contribution in [0.4, 0.5) is 0 Å². The lowest BCUT2D eigenvalue weighted by molar-refractivity contribution is 0.263. The summed E-state index contributed by atoms with van der Waals surface area (Å²) in [6, 6.07) is 16.8. The maximum absolute atomic E-state index is 5.79. The lowest BCUT2D eigenvalue weighted by atomic mass is 9.78. The van der Waals surface area contributed by atoms with Crippen molar-refractivity contribution < 1.29 is 18.9 Å². The molecule has 4 heteroatoms. The van der Waals surface area contributed by atoms with Gasteiger partial charge in [0.15, 0.2) is 0 Å². The lowest BCUT2D eigenvalue weighted by Gasteiger charge is -2.26. The Labute approximate surface area is 155 Å². The summed E-state index contributed by atoms with van der Waals surface area (Å²) in [6.45, 7) is 7.52. The van der Waals surface area contributed by atoms with Gasteiger partial charge in [-0.25, -0.2) is 0 Å². The fourth-order valence-corrected chi connectivity index (χ4v) is 3.00. The second kappa shape index (κ2) is 7.29. The maximum atomic E-state index is 5.79. The Bertz CT molecular complexity index is 713. The Kier molecular flexibility index (Phi) is 4.88. The molecule has 0 spiro atoms. The molecule has 138 valence electrons. The van der Waals surface area contributed by atoms with Crippen LogP contribution < -0.4 is 9.47 Å². The Morgan fingerprint density at radius 1 is 0.808 bits per heavy atom. The summed E-state index contributed by atoms with van der Waals surface area (Å²) in [5.41, 5.74) is 2.43. The SMILES string of the molecule is CC(C)(c1ccc(OCCC2CO2)cc1)c1ccc(OCC2CO2)cc1. The van der Waals surface area contributed by atoms with Crippen molar-refractivity contribution in [3.8, 4) is 11.5 Å². The van der Waals surface area contributed by atoms with Crippen LogP contribution in [0.1, 0.15) is 31.4 Å². The predicted molar refractivity (Wildman–Crippen MR) is 100 cm³/mol. The van der Waals surface area contributed by atoms with Crippen molar-refractivity contribution in [3.05, 3.63) is 59.7 Å². The van der Waals surface area contributed by atoms with E-state index < -0.39 is 0 Å². The van der Waals surface area contributed by atoms with Crippen LogP contribution in [0.2, 0.25) is 0 Å². The zero-order valence-corrected chi connectivity index (χ0v) is 15.4. The number of hydrogen-bond acceptors (Lipinski definition) is 4. The molecule has 0 aromatic heterocycles. The number of benzene rings is 2. The first-order chi connectivity index (χ1) is 12.6. The molecule has 0 bridgehead atoms. The molecule has 2 heterocycles.